The van der Waals surface area contributed by atoms with Crippen LogP contribution in [0.15, 0.2) is 84.2 Å². The topological polar surface area (TPSA) is 56.3 Å². The SMILES string of the molecule is [C-]#[N+]/C(C#N)=C1C2=C(/C(=C(\C#N)[N+]#[C-])c3ccc(-c4ccc(C)c(C(F)(F)F)c4)cc32)c2cc(-c3ccc(C(F)(F)F)c(C(F)(F)F)c3)ccc2\1. The van der Waals surface area contributed by atoms with Crippen molar-refractivity contribution >= 4 is 22.3 Å². The molecule has 0 heterocycles. The minimum atomic E-state index is -5.36. The summed E-state index contributed by atoms with van der Waals surface area (Å²) in [5.41, 5.74) is -4.01. The lowest BCUT2D eigenvalue weighted by Crippen LogP contribution is -2.16. The maximum atomic E-state index is 13.8. The molecule has 0 radical (unpaired) electrons. The number of allylic oxidation sites excluding steroid dienone is 6. The molecule has 250 valence electrons. The molecule has 2 aliphatic carbocycles. The molecule has 0 saturated heterocycles. The molecule has 2 aliphatic rings. The highest BCUT2D eigenvalue weighted by molar-refractivity contribution is 6.37. The van der Waals surface area contributed by atoms with Gasteiger partial charge in [0.15, 0.2) is 0 Å². The van der Waals surface area contributed by atoms with E-state index in [1.54, 1.807) is 0 Å². The number of hydrogen-bond donors (Lipinski definition) is 0. The van der Waals surface area contributed by atoms with Gasteiger partial charge in [0.1, 0.15) is 0 Å². The van der Waals surface area contributed by atoms with Gasteiger partial charge in [-0.3, -0.25) is 0 Å². The lowest BCUT2D eigenvalue weighted by Gasteiger charge is -2.18. The van der Waals surface area contributed by atoms with Crippen LogP contribution in [0, 0.1) is 42.7 Å². The zero-order valence-electron chi connectivity index (χ0n) is 25.6. The fourth-order valence-electron chi connectivity index (χ4n) is 6.43. The third kappa shape index (κ3) is 5.59. The van der Waals surface area contributed by atoms with Crippen molar-refractivity contribution in [3.8, 4) is 34.4 Å². The summed E-state index contributed by atoms with van der Waals surface area (Å²) in [7, 11) is 0. The van der Waals surface area contributed by atoms with Gasteiger partial charge in [0.2, 0.25) is 0 Å². The van der Waals surface area contributed by atoms with Gasteiger partial charge < -0.3 is 0 Å². The molecule has 0 fully saturated rings. The summed E-state index contributed by atoms with van der Waals surface area (Å²) in [5.74, 6) is 0. The van der Waals surface area contributed by atoms with Gasteiger partial charge in [-0.25, -0.2) is 20.2 Å². The van der Waals surface area contributed by atoms with Crippen molar-refractivity contribution < 1.29 is 39.5 Å². The Balaban J connectivity index is 1.66. The van der Waals surface area contributed by atoms with E-state index in [1.165, 1.54) is 55.5 Å². The quantitative estimate of drug-likeness (QED) is 0.119. The van der Waals surface area contributed by atoms with Crippen LogP contribution in [-0.2, 0) is 18.5 Å². The molecule has 0 amide bonds. The lowest BCUT2D eigenvalue weighted by molar-refractivity contribution is -0.162. The molecule has 4 aromatic rings. The third-order valence-electron chi connectivity index (χ3n) is 8.62. The van der Waals surface area contributed by atoms with E-state index >= 15 is 0 Å². The van der Waals surface area contributed by atoms with Crippen LogP contribution in [0.2, 0.25) is 0 Å². The molecule has 0 atom stereocenters. The minimum Gasteiger partial charge on any atom is -0.226 e. The van der Waals surface area contributed by atoms with Crippen LogP contribution in [0.3, 0.4) is 0 Å². The van der Waals surface area contributed by atoms with E-state index < -0.39 is 46.6 Å². The zero-order chi connectivity index (χ0) is 37.2. The Morgan fingerprint density at radius 1 is 0.510 bits per heavy atom. The summed E-state index contributed by atoms with van der Waals surface area (Å²) in [5, 5.41) is 20.0. The second kappa shape index (κ2) is 11.8. The van der Waals surface area contributed by atoms with Gasteiger partial charge in [0.05, 0.1) is 42.0 Å². The number of hydrogen-bond acceptors (Lipinski definition) is 2. The van der Waals surface area contributed by atoms with Gasteiger partial charge in [-0.2, -0.15) is 39.5 Å². The summed E-state index contributed by atoms with van der Waals surface area (Å²) < 4.78 is 123. The summed E-state index contributed by atoms with van der Waals surface area (Å²) in [6, 6.07) is 17.3. The van der Waals surface area contributed by atoms with Crippen LogP contribution in [-0.4, -0.2) is 0 Å². The molecule has 0 spiro atoms. The van der Waals surface area contributed by atoms with Crippen molar-refractivity contribution in [1.29, 1.82) is 10.5 Å². The number of halogens is 9. The zero-order valence-corrected chi connectivity index (χ0v) is 25.6. The molecular weight excluding hydrogens is 683 g/mol. The number of aryl methyl sites for hydroxylation is 1. The number of benzene rings is 4. The molecule has 0 aliphatic heterocycles. The lowest BCUT2D eigenvalue weighted by atomic mass is 9.88. The summed E-state index contributed by atoms with van der Waals surface area (Å²) in [6.45, 7) is 16.7. The van der Waals surface area contributed by atoms with E-state index in [-0.39, 0.29) is 72.4 Å². The molecule has 0 bridgehead atoms. The summed E-state index contributed by atoms with van der Waals surface area (Å²) in [6.07, 6.45) is -15.3. The third-order valence-corrected chi connectivity index (χ3v) is 8.62. The van der Waals surface area contributed by atoms with E-state index in [1.807, 2.05) is 12.1 Å². The molecule has 13 heteroatoms. The normalized spacial score (nSPS) is 15.6. The van der Waals surface area contributed by atoms with Gasteiger partial charge in [0.25, 0.3) is 11.4 Å². The highest BCUT2D eigenvalue weighted by Gasteiger charge is 2.44. The standard InChI is InChI=1S/C38H15F9N4/c1-18-4-5-21(14-28(18)37(42,43)44)19-6-9-23-25(12-19)34-33(31(17-49)51-3)24-10-7-20(13-26(24)35(34)32(23)30(16-48)50-2)22-8-11-27(36(39,40)41)29(15-22)38(45,46)47/h4-15H,1H3/b32-30+,33-31-. The molecule has 4 nitrogen and oxygen atoms in total. The van der Waals surface area contributed by atoms with Gasteiger partial charge in [-0.1, -0.05) is 42.5 Å². The number of fused-ring (bicyclic) bond motifs is 4. The largest absolute Gasteiger partial charge is 0.417 e. The fourth-order valence-corrected chi connectivity index (χ4v) is 6.43. The van der Waals surface area contributed by atoms with Gasteiger partial charge in [0, 0.05) is 11.1 Å². The van der Waals surface area contributed by atoms with Crippen LogP contribution in [0.4, 0.5) is 39.5 Å². The fraction of sp³-hybridized carbons (Fsp3) is 0.105. The first-order valence-electron chi connectivity index (χ1n) is 14.5. The van der Waals surface area contributed by atoms with Crippen LogP contribution in [0.25, 0.3) is 54.2 Å². The second-order valence-electron chi connectivity index (χ2n) is 11.4. The Hall–Kier alpha value is -6.57. The Bertz CT molecular complexity index is 2450. The van der Waals surface area contributed by atoms with Crippen LogP contribution in [0.5, 0.6) is 0 Å². The highest BCUT2D eigenvalue weighted by atomic mass is 19.4. The maximum absolute atomic E-state index is 13.8. The van der Waals surface area contributed by atoms with E-state index in [0.29, 0.717) is 12.1 Å². The van der Waals surface area contributed by atoms with Crippen LogP contribution >= 0.6 is 0 Å². The molecule has 4 aromatic carbocycles. The second-order valence-corrected chi connectivity index (χ2v) is 11.4. The monoisotopic (exact) mass is 698 g/mol. The molecule has 0 unspecified atom stereocenters. The molecule has 51 heavy (non-hydrogen) atoms. The first-order chi connectivity index (χ1) is 23.9. The molecule has 6 rings (SSSR count). The van der Waals surface area contributed by atoms with Crippen LogP contribution in [0.1, 0.15) is 44.5 Å². The van der Waals surface area contributed by atoms with Crippen molar-refractivity contribution in [2.45, 2.75) is 25.5 Å². The van der Waals surface area contributed by atoms with E-state index in [4.69, 9.17) is 13.1 Å². The molecular formula is C38H15F9N4. The summed E-state index contributed by atoms with van der Waals surface area (Å²) in [4.78, 5) is 6.70. The Morgan fingerprint density at radius 2 is 0.882 bits per heavy atom. The van der Waals surface area contributed by atoms with Gasteiger partial charge in [-0.15, -0.1) is 0 Å². The number of nitrogens with zero attached hydrogens (tertiary/aromatic N) is 4. The van der Waals surface area contributed by atoms with E-state index in [9.17, 15) is 50.0 Å². The average Bonchev–Trinajstić information content (AvgIpc) is 3.57. The van der Waals surface area contributed by atoms with Crippen molar-refractivity contribution in [2.75, 3.05) is 0 Å². The Morgan fingerprint density at radius 3 is 1.27 bits per heavy atom. The van der Waals surface area contributed by atoms with Crippen molar-refractivity contribution in [3.63, 3.8) is 0 Å². The van der Waals surface area contributed by atoms with Gasteiger partial charge in [-0.05, 0) is 98.5 Å². The van der Waals surface area contributed by atoms with E-state index in [0.717, 1.165) is 12.1 Å². The first-order valence-corrected chi connectivity index (χ1v) is 14.5. The highest BCUT2D eigenvalue weighted by Crippen LogP contribution is 2.60. The summed E-state index contributed by atoms with van der Waals surface area (Å²) >= 11 is 0. The number of alkyl halides is 9. The number of nitriles is 2. The first kappa shape index (κ1) is 34.3. The molecule has 0 saturated carbocycles. The Labute approximate surface area is 283 Å². The maximum Gasteiger partial charge on any atom is 0.417 e. The number of rotatable bonds is 2. The van der Waals surface area contributed by atoms with Crippen molar-refractivity contribution in [3.05, 3.63) is 152 Å². The smallest absolute Gasteiger partial charge is 0.226 e. The van der Waals surface area contributed by atoms with Crippen LogP contribution < -0.4 is 0 Å². The predicted octanol–water partition coefficient (Wildman–Crippen LogP) is 11.6. The van der Waals surface area contributed by atoms with Gasteiger partial charge >= 0.3 is 18.5 Å². The van der Waals surface area contributed by atoms with Crippen molar-refractivity contribution in [1.82, 2.24) is 0 Å². The minimum absolute atomic E-state index is 0.0130. The predicted molar refractivity (Wildman–Crippen MR) is 169 cm³/mol. The molecule has 0 aromatic heterocycles. The van der Waals surface area contributed by atoms with E-state index in [2.05, 4.69) is 9.69 Å². The van der Waals surface area contributed by atoms with Crippen molar-refractivity contribution in [2.24, 2.45) is 0 Å². The Kier molecular flexibility index (Phi) is 7.93. The average molecular weight is 699 g/mol. The molecule has 0 N–H and O–H groups in total.